The molecule has 0 fully saturated rings. The van der Waals surface area contributed by atoms with E-state index in [1.165, 1.54) is 18.2 Å². The van der Waals surface area contributed by atoms with Crippen molar-refractivity contribution in [2.24, 2.45) is 0 Å². The number of rotatable bonds is 8. The Morgan fingerprint density at radius 1 is 1.20 bits per heavy atom. The minimum Gasteiger partial charge on any atom is -0.454 e. The Morgan fingerprint density at radius 2 is 1.87 bits per heavy atom. The number of carbonyl (C=O) groups is 2. The molecule has 1 heterocycles. The summed E-state index contributed by atoms with van der Waals surface area (Å²) in [5.41, 5.74) is 1.51. The molecule has 0 saturated carbocycles. The van der Waals surface area contributed by atoms with E-state index in [-0.39, 0.29) is 29.6 Å². The van der Waals surface area contributed by atoms with Gasteiger partial charge in [0.1, 0.15) is 0 Å². The second-order valence-electron chi connectivity index (χ2n) is 6.82. The summed E-state index contributed by atoms with van der Waals surface area (Å²) in [7, 11) is 0. The Kier molecular flexibility index (Phi) is 6.46. The van der Waals surface area contributed by atoms with Gasteiger partial charge in [0.25, 0.3) is 5.69 Å². The van der Waals surface area contributed by atoms with E-state index in [2.05, 4.69) is 13.8 Å². The molecule has 2 aromatic rings. The van der Waals surface area contributed by atoms with Gasteiger partial charge in [0.15, 0.2) is 23.9 Å². The second-order valence-corrected chi connectivity index (χ2v) is 6.82. The molecule has 0 unspecified atom stereocenters. The van der Waals surface area contributed by atoms with Gasteiger partial charge in [0.05, 0.1) is 16.6 Å². The van der Waals surface area contributed by atoms with E-state index < -0.39 is 17.5 Å². The van der Waals surface area contributed by atoms with Gasteiger partial charge in [0.2, 0.25) is 6.79 Å². The summed E-state index contributed by atoms with van der Waals surface area (Å²) >= 11 is 0. The number of hydrogen-bond donors (Lipinski definition) is 0. The Hall–Kier alpha value is -3.68. The fourth-order valence-corrected chi connectivity index (χ4v) is 2.90. The van der Waals surface area contributed by atoms with Gasteiger partial charge >= 0.3 is 5.97 Å². The summed E-state index contributed by atoms with van der Waals surface area (Å²) in [4.78, 5) is 34.8. The van der Waals surface area contributed by atoms with Gasteiger partial charge in [-0.2, -0.15) is 0 Å². The molecular formula is C22H21NO7. The van der Waals surface area contributed by atoms with Gasteiger partial charge in [-0.1, -0.05) is 38.1 Å². The number of carbonyl (C=O) groups excluding carboxylic acids is 2. The van der Waals surface area contributed by atoms with Crippen molar-refractivity contribution in [1.29, 1.82) is 0 Å². The van der Waals surface area contributed by atoms with Crippen LogP contribution in [0.3, 0.4) is 0 Å². The first-order chi connectivity index (χ1) is 14.4. The number of ether oxygens (including phenoxy) is 3. The number of hydrogen-bond acceptors (Lipinski definition) is 7. The zero-order chi connectivity index (χ0) is 21.7. The summed E-state index contributed by atoms with van der Waals surface area (Å²) < 4.78 is 15.3. The zero-order valence-electron chi connectivity index (χ0n) is 16.6. The van der Waals surface area contributed by atoms with Gasteiger partial charge in [0, 0.05) is 11.6 Å². The highest BCUT2D eigenvalue weighted by atomic mass is 16.7. The molecular weight excluding hydrogens is 390 g/mol. The fourth-order valence-electron chi connectivity index (χ4n) is 2.90. The van der Waals surface area contributed by atoms with Crippen molar-refractivity contribution in [1.82, 2.24) is 0 Å². The van der Waals surface area contributed by atoms with Crippen LogP contribution in [0, 0.1) is 10.1 Å². The van der Waals surface area contributed by atoms with E-state index in [1.54, 1.807) is 12.1 Å². The molecule has 8 heteroatoms. The SMILES string of the molecule is CC[C@H](C)c1ccc(C(=O)COC(=O)/C=C/c2cc3c(cc2[N+](=O)[O-])OCO3)cc1. The van der Waals surface area contributed by atoms with E-state index in [0.717, 1.165) is 18.1 Å². The molecule has 2 aromatic carbocycles. The van der Waals surface area contributed by atoms with E-state index in [4.69, 9.17) is 14.2 Å². The Bertz CT molecular complexity index is 995. The lowest BCUT2D eigenvalue weighted by atomic mass is 9.97. The van der Waals surface area contributed by atoms with Crippen LogP contribution in [0.15, 0.2) is 42.5 Å². The summed E-state index contributed by atoms with van der Waals surface area (Å²) in [6, 6.07) is 9.85. The third-order valence-corrected chi connectivity index (χ3v) is 4.88. The maximum absolute atomic E-state index is 12.2. The van der Waals surface area contributed by atoms with E-state index in [0.29, 0.717) is 17.2 Å². The highest BCUT2D eigenvalue weighted by molar-refractivity contribution is 5.99. The first-order valence-corrected chi connectivity index (χ1v) is 9.45. The summed E-state index contributed by atoms with van der Waals surface area (Å²) in [6.45, 7) is 3.75. The van der Waals surface area contributed by atoms with Crippen molar-refractivity contribution in [2.75, 3.05) is 13.4 Å². The van der Waals surface area contributed by atoms with Crippen LogP contribution in [0.4, 0.5) is 5.69 Å². The van der Waals surface area contributed by atoms with Crippen molar-refractivity contribution in [3.63, 3.8) is 0 Å². The quantitative estimate of drug-likeness (QED) is 0.210. The summed E-state index contributed by atoms with van der Waals surface area (Å²) in [6.07, 6.45) is 3.27. The van der Waals surface area contributed by atoms with Crippen LogP contribution >= 0.6 is 0 Å². The van der Waals surface area contributed by atoms with Gasteiger partial charge in [-0.3, -0.25) is 14.9 Å². The molecule has 0 amide bonds. The maximum Gasteiger partial charge on any atom is 0.331 e. The third-order valence-electron chi connectivity index (χ3n) is 4.88. The Balaban J connectivity index is 1.61. The number of esters is 1. The number of Topliss-reactive ketones (excluding diaryl/α,β-unsaturated/α-hetero) is 1. The topological polar surface area (TPSA) is 105 Å². The highest BCUT2D eigenvalue weighted by Crippen LogP contribution is 2.38. The molecule has 1 aliphatic rings. The molecule has 156 valence electrons. The van der Waals surface area contributed by atoms with Crippen molar-refractivity contribution < 1.29 is 28.7 Å². The molecule has 8 nitrogen and oxygen atoms in total. The van der Waals surface area contributed by atoms with Gasteiger partial charge in [-0.25, -0.2) is 4.79 Å². The van der Waals surface area contributed by atoms with Crippen LogP contribution in [0.2, 0.25) is 0 Å². The molecule has 1 aliphatic heterocycles. The summed E-state index contributed by atoms with van der Waals surface area (Å²) in [5, 5.41) is 11.2. The molecule has 0 aromatic heterocycles. The van der Waals surface area contributed by atoms with Crippen LogP contribution in [0.1, 0.15) is 47.7 Å². The maximum atomic E-state index is 12.2. The first kappa shape index (κ1) is 21.0. The number of nitro benzene ring substituents is 1. The minimum absolute atomic E-state index is 0.0257. The van der Waals surface area contributed by atoms with Crippen LogP contribution in [0.5, 0.6) is 11.5 Å². The van der Waals surface area contributed by atoms with Gasteiger partial charge in [-0.15, -0.1) is 0 Å². The molecule has 30 heavy (non-hydrogen) atoms. The monoisotopic (exact) mass is 411 g/mol. The second kappa shape index (κ2) is 9.21. The Labute approximate surface area is 173 Å². The van der Waals surface area contributed by atoms with Crippen LogP contribution in [0.25, 0.3) is 6.08 Å². The smallest absolute Gasteiger partial charge is 0.331 e. The molecule has 0 saturated heterocycles. The summed E-state index contributed by atoms with van der Waals surface area (Å²) in [5.74, 6) is -0.0959. The number of benzene rings is 2. The van der Waals surface area contributed by atoms with E-state index in [9.17, 15) is 19.7 Å². The molecule has 0 aliphatic carbocycles. The number of nitrogens with zero attached hydrogens (tertiary/aromatic N) is 1. The largest absolute Gasteiger partial charge is 0.454 e. The predicted molar refractivity (Wildman–Crippen MR) is 109 cm³/mol. The number of ketones is 1. The van der Waals surface area contributed by atoms with Crippen molar-refractivity contribution in [3.05, 3.63) is 69.3 Å². The Morgan fingerprint density at radius 3 is 2.50 bits per heavy atom. The van der Waals surface area contributed by atoms with Gasteiger partial charge in [-0.05, 0) is 30.0 Å². The number of fused-ring (bicyclic) bond motifs is 1. The van der Waals surface area contributed by atoms with E-state index in [1.807, 2.05) is 12.1 Å². The van der Waals surface area contributed by atoms with Crippen LogP contribution < -0.4 is 9.47 Å². The standard InChI is InChI=1S/C22H21NO7/c1-3-14(2)15-4-6-16(7-5-15)19(24)12-28-22(25)9-8-17-10-20-21(30-13-29-20)11-18(17)23(26)27/h4-11,14H,3,12-13H2,1-2H3/b9-8+/t14-/m0/s1. The average molecular weight is 411 g/mol. The fraction of sp³-hybridized carbons (Fsp3) is 0.273. The lowest BCUT2D eigenvalue weighted by Crippen LogP contribution is -2.12. The minimum atomic E-state index is -0.786. The molecule has 0 radical (unpaired) electrons. The normalized spacial score (nSPS) is 13.3. The molecule has 1 atom stereocenters. The molecule has 0 N–H and O–H groups in total. The molecule has 3 rings (SSSR count). The third kappa shape index (κ3) is 4.83. The molecule has 0 bridgehead atoms. The molecule has 0 spiro atoms. The number of nitro groups is 1. The predicted octanol–water partition coefficient (Wildman–Crippen LogP) is 4.28. The zero-order valence-corrected chi connectivity index (χ0v) is 16.6. The van der Waals surface area contributed by atoms with Crippen molar-refractivity contribution in [3.8, 4) is 11.5 Å². The van der Waals surface area contributed by atoms with Crippen molar-refractivity contribution in [2.45, 2.75) is 26.2 Å². The van der Waals surface area contributed by atoms with E-state index >= 15 is 0 Å². The lowest BCUT2D eigenvalue weighted by molar-refractivity contribution is -0.385. The van der Waals surface area contributed by atoms with Crippen LogP contribution in [-0.2, 0) is 9.53 Å². The van der Waals surface area contributed by atoms with Gasteiger partial charge < -0.3 is 14.2 Å². The average Bonchev–Trinajstić information content (AvgIpc) is 3.22. The highest BCUT2D eigenvalue weighted by Gasteiger charge is 2.22. The van der Waals surface area contributed by atoms with Crippen LogP contribution in [-0.4, -0.2) is 30.1 Å². The van der Waals surface area contributed by atoms with Crippen molar-refractivity contribution >= 4 is 23.5 Å². The first-order valence-electron chi connectivity index (χ1n) is 9.45. The lowest BCUT2D eigenvalue weighted by Gasteiger charge is -2.09.